The highest BCUT2D eigenvalue weighted by Crippen LogP contribution is 2.59. The van der Waals surface area contributed by atoms with Gasteiger partial charge in [0.15, 0.2) is 0 Å². The Labute approximate surface area is 141 Å². The molecular weight excluding hydrogens is 306 g/mol. The number of carboxylic acid groups (broad SMARTS) is 1. The molecule has 0 unspecified atom stereocenters. The van der Waals surface area contributed by atoms with Crippen molar-refractivity contribution in [3.63, 3.8) is 0 Å². The first kappa shape index (κ1) is 14.9. The molecule has 6 aliphatic rings. The Morgan fingerprint density at radius 2 is 1.54 bits per heavy atom. The third kappa shape index (κ3) is 2.17. The van der Waals surface area contributed by atoms with Crippen molar-refractivity contribution in [2.75, 3.05) is 6.54 Å². The summed E-state index contributed by atoms with van der Waals surface area (Å²) >= 11 is 0. The van der Waals surface area contributed by atoms with Crippen molar-refractivity contribution in [3.05, 3.63) is 12.2 Å². The second kappa shape index (κ2) is 5.07. The average Bonchev–Trinajstić information content (AvgIpc) is 3.12. The van der Waals surface area contributed by atoms with Crippen LogP contribution in [0.1, 0.15) is 38.5 Å². The predicted molar refractivity (Wildman–Crippen MR) is 86.0 cm³/mol. The van der Waals surface area contributed by atoms with Gasteiger partial charge in [-0.15, -0.1) is 0 Å². The number of carbonyl (C=O) groups is 2. The van der Waals surface area contributed by atoms with E-state index in [0.717, 1.165) is 24.3 Å². The van der Waals surface area contributed by atoms with Gasteiger partial charge in [0.1, 0.15) is 5.92 Å². The van der Waals surface area contributed by atoms with E-state index in [1.54, 1.807) is 6.08 Å². The molecule has 4 saturated carbocycles. The summed E-state index contributed by atoms with van der Waals surface area (Å²) in [6, 6.07) is 0. The lowest BCUT2D eigenvalue weighted by Gasteiger charge is -2.57. The number of hydrogen-bond acceptors (Lipinski definition) is 3. The lowest BCUT2D eigenvalue weighted by Crippen LogP contribution is -2.52. The fraction of sp³-hybridized carbons (Fsp3) is 0.789. The molecule has 24 heavy (non-hydrogen) atoms. The van der Waals surface area contributed by atoms with Gasteiger partial charge in [0.2, 0.25) is 5.91 Å². The van der Waals surface area contributed by atoms with Crippen molar-refractivity contribution >= 4 is 11.9 Å². The van der Waals surface area contributed by atoms with E-state index in [-0.39, 0.29) is 17.4 Å². The number of rotatable bonds is 4. The summed E-state index contributed by atoms with van der Waals surface area (Å²) in [6.45, 7) is 0.722. The van der Waals surface area contributed by atoms with Crippen LogP contribution in [-0.2, 0) is 14.3 Å². The summed E-state index contributed by atoms with van der Waals surface area (Å²) in [4.78, 5) is 24.3. The SMILES string of the molecule is O=C(NCC12CC3CC(CC(C3)C1)C2)[C@@H]1[C@H](C(=O)O)[C@@H]2C=C[C@H]1O2. The van der Waals surface area contributed by atoms with E-state index in [4.69, 9.17) is 4.74 Å². The van der Waals surface area contributed by atoms with E-state index in [0.29, 0.717) is 0 Å². The van der Waals surface area contributed by atoms with Crippen molar-refractivity contribution in [2.24, 2.45) is 35.0 Å². The van der Waals surface area contributed by atoms with Crippen LogP contribution in [0.15, 0.2) is 12.2 Å². The van der Waals surface area contributed by atoms with Crippen LogP contribution >= 0.6 is 0 Å². The first-order valence-electron chi connectivity index (χ1n) is 9.37. The maximum atomic E-state index is 12.8. The number of fused-ring (bicyclic) bond motifs is 2. The molecule has 6 rings (SSSR count). The highest BCUT2D eigenvalue weighted by Gasteiger charge is 2.54. The molecule has 2 heterocycles. The van der Waals surface area contributed by atoms with Gasteiger partial charge in [0.25, 0.3) is 0 Å². The number of carboxylic acids is 1. The van der Waals surface area contributed by atoms with Crippen molar-refractivity contribution in [2.45, 2.75) is 50.7 Å². The molecule has 4 atom stereocenters. The molecule has 5 heteroatoms. The van der Waals surface area contributed by atoms with Crippen LogP contribution in [0, 0.1) is 35.0 Å². The normalized spacial score (nSPS) is 50.4. The maximum absolute atomic E-state index is 12.8. The summed E-state index contributed by atoms with van der Waals surface area (Å²) in [5, 5.41) is 12.6. The highest BCUT2D eigenvalue weighted by molar-refractivity contribution is 5.87. The average molecular weight is 331 g/mol. The molecule has 2 N–H and O–H groups in total. The van der Waals surface area contributed by atoms with Gasteiger partial charge in [-0.3, -0.25) is 9.59 Å². The topological polar surface area (TPSA) is 75.6 Å². The van der Waals surface area contributed by atoms with Gasteiger partial charge in [-0.05, 0) is 61.7 Å². The van der Waals surface area contributed by atoms with Crippen LogP contribution in [0.25, 0.3) is 0 Å². The monoisotopic (exact) mass is 331 g/mol. The molecule has 0 spiro atoms. The minimum atomic E-state index is -0.929. The Kier molecular flexibility index (Phi) is 3.16. The summed E-state index contributed by atoms with van der Waals surface area (Å²) in [6.07, 6.45) is 10.7. The molecule has 4 aliphatic carbocycles. The highest BCUT2D eigenvalue weighted by atomic mass is 16.5. The van der Waals surface area contributed by atoms with Gasteiger partial charge in [-0.25, -0.2) is 0 Å². The second-order valence-corrected chi connectivity index (χ2v) is 8.98. The fourth-order valence-electron chi connectivity index (χ4n) is 6.81. The van der Waals surface area contributed by atoms with Crippen LogP contribution in [0.3, 0.4) is 0 Å². The first-order chi connectivity index (χ1) is 11.5. The molecule has 130 valence electrons. The molecule has 2 aliphatic heterocycles. The maximum Gasteiger partial charge on any atom is 0.310 e. The van der Waals surface area contributed by atoms with E-state index < -0.39 is 23.9 Å². The van der Waals surface area contributed by atoms with Gasteiger partial charge in [0.05, 0.1) is 18.1 Å². The fourth-order valence-corrected chi connectivity index (χ4v) is 6.81. The largest absolute Gasteiger partial charge is 0.481 e. The van der Waals surface area contributed by atoms with Gasteiger partial charge in [0, 0.05) is 6.54 Å². The molecule has 5 nitrogen and oxygen atoms in total. The smallest absolute Gasteiger partial charge is 0.310 e. The Balaban J connectivity index is 1.28. The lowest BCUT2D eigenvalue weighted by molar-refractivity contribution is -0.147. The summed E-state index contributed by atoms with van der Waals surface area (Å²) < 4.78 is 5.62. The number of aliphatic carboxylic acids is 1. The lowest BCUT2D eigenvalue weighted by atomic mass is 9.49. The third-order valence-electron chi connectivity index (χ3n) is 7.29. The molecule has 1 amide bonds. The third-order valence-corrected chi connectivity index (χ3v) is 7.29. The molecule has 0 aromatic rings. The van der Waals surface area contributed by atoms with Crippen molar-refractivity contribution in [1.82, 2.24) is 5.32 Å². The quantitative estimate of drug-likeness (QED) is 0.772. The molecular formula is C19H25NO4. The van der Waals surface area contributed by atoms with Gasteiger partial charge in [-0.1, -0.05) is 12.2 Å². The van der Waals surface area contributed by atoms with Crippen molar-refractivity contribution in [1.29, 1.82) is 0 Å². The van der Waals surface area contributed by atoms with Gasteiger partial charge < -0.3 is 15.2 Å². The van der Waals surface area contributed by atoms with E-state index in [1.165, 1.54) is 38.5 Å². The minimum Gasteiger partial charge on any atom is -0.481 e. The molecule has 0 radical (unpaired) electrons. The zero-order chi connectivity index (χ0) is 16.5. The van der Waals surface area contributed by atoms with E-state index in [9.17, 15) is 14.7 Å². The number of nitrogens with one attached hydrogen (secondary N) is 1. The molecule has 6 bridgehead atoms. The number of ether oxygens (including phenoxy) is 1. The zero-order valence-corrected chi connectivity index (χ0v) is 13.8. The first-order valence-corrected chi connectivity index (χ1v) is 9.37. The van der Waals surface area contributed by atoms with Crippen LogP contribution in [0.4, 0.5) is 0 Å². The van der Waals surface area contributed by atoms with Gasteiger partial charge >= 0.3 is 5.97 Å². The van der Waals surface area contributed by atoms with E-state index in [2.05, 4.69) is 5.32 Å². The standard InChI is InChI=1S/C19H25NO4/c21-17(15-13-1-2-14(24-13)16(15)18(22)23)20-9-19-6-10-3-11(7-19)5-12(4-10)8-19/h1-2,10-16H,3-9H2,(H,20,21)(H,22,23)/t10?,11?,12?,13-,14+,15+,16-,19?/m1/s1. The minimum absolute atomic E-state index is 0.130. The number of hydrogen-bond donors (Lipinski definition) is 2. The molecule has 0 aromatic carbocycles. The van der Waals surface area contributed by atoms with Crippen molar-refractivity contribution < 1.29 is 19.4 Å². The summed E-state index contributed by atoms with van der Waals surface area (Å²) in [5.74, 6) is 0.190. The van der Waals surface area contributed by atoms with E-state index >= 15 is 0 Å². The molecule has 1 saturated heterocycles. The van der Waals surface area contributed by atoms with Crippen molar-refractivity contribution in [3.8, 4) is 0 Å². The van der Waals surface area contributed by atoms with E-state index in [1.807, 2.05) is 6.08 Å². The number of amides is 1. The predicted octanol–water partition coefficient (Wildman–Crippen LogP) is 1.97. The Morgan fingerprint density at radius 1 is 1.00 bits per heavy atom. The molecule has 5 fully saturated rings. The summed E-state index contributed by atoms with van der Waals surface area (Å²) in [5.41, 5.74) is 0.275. The Morgan fingerprint density at radius 3 is 2.08 bits per heavy atom. The van der Waals surface area contributed by atoms with Crippen LogP contribution in [0.2, 0.25) is 0 Å². The van der Waals surface area contributed by atoms with Crippen LogP contribution < -0.4 is 5.32 Å². The Hall–Kier alpha value is -1.36. The number of carbonyl (C=O) groups excluding carboxylic acids is 1. The summed E-state index contributed by atoms with van der Waals surface area (Å²) in [7, 11) is 0. The van der Waals surface area contributed by atoms with Crippen LogP contribution in [0.5, 0.6) is 0 Å². The van der Waals surface area contributed by atoms with Crippen LogP contribution in [-0.4, -0.2) is 35.7 Å². The second-order valence-electron chi connectivity index (χ2n) is 8.98. The Bertz CT molecular complexity index is 577. The van der Waals surface area contributed by atoms with Gasteiger partial charge in [-0.2, -0.15) is 0 Å². The zero-order valence-electron chi connectivity index (χ0n) is 13.8. The molecule has 0 aromatic heterocycles.